The summed E-state index contributed by atoms with van der Waals surface area (Å²) in [5.74, 6) is 0.831. The summed E-state index contributed by atoms with van der Waals surface area (Å²) in [6.45, 7) is 2.70. The number of carbonyl (C=O) groups excluding carboxylic acids is 1. The van der Waals surface area contributed by atoms with Gasteiger partial charge in [-0.1, -0.05) is 12.1 Å². The van der Waals surface area contributed by atoms with E-state index in [0.29, 0.717) is 0 Å². The van der Waals surface area contributed by atoms with Gasteiger partial charge in [0.2, 0.25) is 0 Å². The zero-order valence-electron chi connectivity index (χ0n) is 12.7. The summed E-state index contributed by atoms with van der Waals surface area (Å²) < 4.78 is 9.38. The molecule has 1 aromatic carbocycles. The molecule has 0 bridgehead atoms. The zero-order chi connectivity index (χ0) is 15.5. The third-order valence-corrected chi connectivity index (χ3v) is 4.67. The number of nitrogens with one attached hydrogen (secondary N) is 1. The third-order valence-electron chi connectivity index (χ3n) is 3.87. The Labute approximate surface area is 134 Å². The predicted octanol–water partition coefficient (Wildman–Crippen LogP) is 3.83. The molecule has 1 atom stereocenters. The van der Waals surface area contributed by atoms with Crippen LogP contribution in [0.3, 0.4) is 0 Å². The molecule has 1 aromatic heterocycles. The van der Waals surface area contributed by atoms with Gasteiger partial charge >= 0.3 is 6.03 Å². The van der Waals surface area contributed by atoms with Crippen LogP contribution in [0.1, 0.15) is 30.1 Å². The lowest BCUT2D eigenvalue weighted by Gasteiger charge is -2.25. The molecule has 0 spiro atoms. The maximum Gasteiger partial charge on any atom is 0.323 e. The lowest BCUT2D eigenvalue weighted by atomic mass is 10.0. The fraction of sp³-hybridized carbons (Fsp3) is 0.375. The molecular weight excluding hydrogens is 298 g/mol. The van der Waals surface area contributed by atoms with E-state index in [1.54, 1.807) is 7.11 Å². The Hall–Kier alpha value is -2.08. The summed E-state index contributed by atoms with van der Waals surface area (Å²) in [6.07, 6.45) is 2.01. The number of amides is 2. The second-order valence-electron chi connectivity index (χ2n) is 5.39. The summed E-state index contributed by atoms with van der Waals surface area (Å²) >= 11 is 1.31. The van der Waals surface area contributed by atoms with Gasteiger partial charge in [-0.2, -0.15) is 4.37 Å². The first-order chi connectivity index (χ1) is 10.7. The van der Waals surface area contributed by atoms with Crippen molar-refractivity contribution in [2.75, 3.05) is 19.0 Å². The minimum absolute atomic E-state index is 0.0537. The standard InChI is InChI=1S/C16H19N3O2S/c1-11-10-15(22-18-11)17-16(20)19-9-3-4-14(19)12-5-7-13(21-2)8-6-12/h5-8,10,14H,3-4,9H2,1-2H3,(H,17,20). The third kappa shape index (κ3) is 3.06. The minimum atomic E-state index is -0.0537. The number of aromatic nitrogens is 1. The molecule has 1 N–H and O–H groups in total. The molecule has 1 aliphatic heterocycles. The van der Waals surface area contributed by atoms with Crippen molar-refractivity contribution in [3.05, 3.63) is 41.6 Å². The summed E-state index contributed by atoms with van der Waals surface area (Å²) in [7, 11) is 1.65. The number of nitrogens with zero attached hydrogens (tertiary/aromatic N) is 2. The molecule has 2 amide bonds. The smallest absolute Gasteiger partial charge is 0.323 e. The van der Waals surface area contributed by atoms with Crippen LogP contribution in [0.4, 0.5) is 9.80 Å². The highest BCUT2D eigenvalue weighted by Crippen LogP contribution is 2.33. The summed E-state index contributed by atoms with van der Waals surface area (Å²) in [6, 6.07) is 9.91. The Kier molecular flexibility index (Phi) is 4.29. The van der Waals surface area contributed by atoms with Gasteiger partial charge < -0.3 is 9.64 Å². The SMILES string of the molecule is COc1ccc(C2CCCN2C(=O)Nc2cc(C)ns2)cc1. The van der Waals surface area contributed by atoms with Crippen molar-refractivity contribution in [1.82, 2.24) is 9.27 Å². The molecule has 1 aliphatic rings. The lowest BCUT2D eigenvalue weighted by Crippen LogP contribution is -2.34. The van der Waals surface area contributed by atoms with Crippen LogP contribution in [0.25, 0.3) is 0 Å². The monoisotopic (exact) mass is 317 g/mol. The van der Waals surface area contributed by atoms with Crippen LogP contribution < -0.4 is 10.1 Å². The quantitative estimate of drug-likeness (QED) is 0.936. The van der Waals surface area contributed by atoms with Crippen molar-refractivity contribution in [1.29, 1.82) is 0 Å². The Morgan fingerprint density at radius 2 is 2.18 bits per heavy atom. The molecule has 2 heterocycles. The van der Waals surface area contributed by atoms with Crippen LogP contribution in [0.2, 0.25) is 0 Å². The van der Waals surface area contributed by atoms with Gasteiger partial charge in [-0.15, -0.1) is 0 Å². The number of urea groups is 1. The molecule has 0 radical (unpaired) electrons. The highest BCUT2D eigenvalue weighted by molar-refractivity contribution is 7.10. The summed E-state index contributed by atoms with van der Waals surface area (Å²) in [5, 5.41) is 3.74. The maximum atomic E-state index is 12.5. The first kappa shape index (κ1) is 14.8. The molecule has 6 heteroatoms. The average molecular weight is 317 g/mol. The van der Waals surface area contributed by atoms with Crippen molar-refractivity contribution < 1.29 is 9.53 Å². The van der Waals surface area contributed by atoms with E-state index in [4.69, 9.17) is 4.74 Å². The molecule has 0 saturated carbocycles. The Morgan fingerprint density at radius 1 is 1.41 bits per heavy atom. The number of rotatable bonds is 3. The topological polar surface area (TPSA) is 54.5 Å². The van der Waals surface area contributed by atoms with Gasteiger partial charge in [0.25, 0.3) is 0 Å². The molecule has 1 fully saturated rings. The zero-order valence-corrected chi connectivity index (χ0v) is 13.5. The highest BCUT2D eigenvalue weighted by Gasteiger charge is 2.30. The normalized spacial score (nSPS) is 17.5. The molecule has 22 heavy (non-hydrogen) atoms. The predicted molar refractivity (Wildman–Crippen MR) is 87.5 cm³/mol. The lowest BCUT2D eigenvalue weighted by molar-refractivity contribution is 0.207. The fourth-order valence-electron chi connectivity index (χ4n) is 2.78. The Bertz CT molecular complexity index is 654. The number of methoxy groups -OCH3 is 1. The van der Waals surface area contributed by atoms with Crippen LogP contribution in [0.5, 0.6) is 5.75 Å². The van der Waals surface area contributed by atoms with E-state index >= 15 is 0 Å². The van der Waals surface area contributed by atoms with Gasteiger partial charge in [0.1, 0.15) is 10.8 Å². The number of carbonyl (C=O) groups is 1. The van der Waals surface area contributed by atoms with E-state index in [1.165, 1.54) is 11.5 Å². The van der Waals surface area contributed by atoms with Gasteiger partial charge in [-0.05, 0) is 55.1 Å². The van der Waals surface area contributed by atoms with E-state index in [9.17, 15) is 4.79 Å². The van der Waals surface area contributed by atoms with Gasteiger partial charge in [0, 0.05) is 6.54 Å². The minimum Gasteiger partial charge on any atom is -0.497 e. The molecule has 1 unspecified atom stereocenters. The van der Waals surface area contributed by atoms with Crippen LogP contribution in [0, 0.1) is 6.92 Å². The molecular formula is C16H19N3O2S. The average Bonchev–Trinajstić information content (AvgIpc) is 3.16. The number of hydrogen-bond acceptors (Lipinski definition) is 4. The molecule has 3 rings (SSSR count). The number of ether oxygens (including phenoxy) is 1. The molecule has 1 saturated heterocycles. The van der Waals surface area contributed by atoms with E-state index in [2.05, 4.69) is 9.69 Å². The number of aryl methyl sites for hydroxylation is 1. The van der Waals surface area contributed by atoms with Gasteiger partial charge in [-0.25, -0.2) is 4.79 Å². The molecule has 5 nitrogen and oxygen atoms in total. The fourth-order valence-corrected chi connectivity index (χ4v) is 3.43. The van der Waals surface area contributed by atoms with Crippen molar-refractivity contribution in [3.63, 3.8) is 0 Å². The van der Waals surface area contributed by atoms with Crippen molar-refractivity contribution in [2.24, 2.45) is 0 Å². The highest BCUT2D eigenvalue weighted by atomic mass is 32.1. The van der Waals surface area contributed by atoms with Crippen molar-refractivity contribution >= 4 is 22.6 Å². The second-order valence-corrected chi connectivity index (χ2v) is 6.19. The second kappa shape index (κ2) is 6.36. The first-order valence-electron chi connectivity index (χ1n) is 7.32. The van der Waals surface area contributed by atoms with Gasteiger partial charge in [-0.3, -0.25) is 5.32 Å². The van der Waals surface area contributed by atoms with Crippen molar-refractivity contribution in [2.45, 2.75) is 25.8 Å². The number of likely N-dealkylation sites (tertiary alicyclic amines) is 1. The van der Waals surface area contributed by atoms with Crippen LogP contribution in [-0.4, -0.2) is 29.0 Å². The maximum absolute atomic E-state index is 12.5. The summed E-state index contributed by atoms with van der Waals surface area (Å²) in [4.78, 5) is 14.4. The van der Waals surface area contributed by atoms with E-state index < -0.39 is 0 Å². The number of anilines is 1. The molecule has 116 valence electrons. The Morgan fingerprint density at radius 3 is 2.82 bits per heavy atom. The van der Waals surface area contributed by atoms with Crippen LogP contribution in [-0.2, 0) is 0 Å². The largest absolute Gasteiger partial charge is 0.497 e. The van der Waals surface area contributed by atoms with Crippen LogP contribution in [0.15, 0.2) is 30.3 Å². The van der Waals surface area contributed by atoms with Gasteiger partial charge in [0.15, 0.2) is 0 Å². The molecule has 0 aliphatic carbocycles. The number of benzene rings is 1. The number of hydrogen-bond donors (Lipinski definition) is 1. The summed E-state index contributed by atoms with van der Waals surface area (Å²) in [5.41, 5.74) is 2.07. The van der Waals surface area contributed by atoms with E-state index in [1.807, 2.05) is 42.2 Å². The Balaban J connectivity index is 1.72. The van der Waals surface area contributed by atoms with Gasteiger partial charge in [0.05, 0.1) is 18.8 Å². The van der Waals surface area contributed by atoms with Crippen LogP contribution >= 0.6 is 11.5 Å². The first-order valence-corrected chi connectivity index (χ1v) is 8.09. The molecule has 2 aromatic rings. The van der Waals surface area contributed by atoms with E-state index in [-0.39, 0.29) is 12.1 Å². The van der Waals surface area contributed by atoms with E-state index in [0.717, 1.165) is 41.4 Å². The van der Waals surface area contributed by atoms with Crippen molar-refractivity contribution in [3.8, 4) is 5.75 Å².